The van der Waals surface area contributed by atoms with Crippen molar-refractivity contribution in [3.05, 3.63) is 29.3 Å². The second-order valence-electron chi connectivity index (χ2n) is 2.91. The van der Waals surface area contributed by atoms with E-state index in [1.54, 1.807) is 0 Å². The number of anilines is 1. The fourth-order valence-corrected chi connectivity index (χ4v) is 2.34. The molecule has 0 radical (unpaired) electrons. The minimum absolute atomic E-state index is 0.259. The fraction of sp³-hybridized carbons (Fsp3) is 0.182. The SMILES string of the molecule is N=Cc1cc(C#CCCF)ccc1NPI. The minimum atomic E-state index is -0.417. The van der Waals surface area contributed by atoms with E-state index in [0.29, 0.717) is 6.37 Å². The van der Waals surface area contributed by atoms with Crippen LogP contribution in [0.2, 0.25) is 0 Å². The maximum absolute atomic E-state index is 11.9. The summed E-state index contributed by atoms with van der Waals surface area (Å²) in [7, 11) is 0. The molecule has 0 spiro atoms. The van der Waals surface area contributed by atoms with E-state index in [1.807, 2.05) is 18.2 Å². The monoisotopic (exact) mass is 348 g/mol. The van der Waals surface area contributed by atoms with E-state index in [0.717, 1.165) is 16.8 Å². The molecule has 0 fully saturated rings. The zero-order valence-electron chi connectivity index (χ0n) is 8.48. The Hall–Kier alpha value is -0.660. The van der Waals surface area contributed by atoms with E-state index in [-0.39, 0.29) is 6.42 Å². The van der Waals surface area contributed by atoms with Crippen LogP contribution < -0.4 is 5.09 Å². The summed E-state index contributed by atoms with van der Waals surface area (Å²) in [6, 6.07) is 5.60. The van der Waals surface area contributed by atoms with Crippen molar-refractivity contribution in [1.29, 1.82) is 5.41 Å². The summed E-state index contributed by atoms with van der Waals surface area (Å²) in [4.78, 5) is 0. The third kappa shape index (κ3) is 4.07. The normalized spacial score (nSPS) is 9.88. The first kappa shape index (κ1) is 13.4. The lowest BCUT2D eigenvalue weighted by molar-refractivity contribution is 0.505. The number of halogens is 2. The van der Waals surface area contributed by atoms with Gasteiger partial charge >= 0.3 is 0 Å². The maximum Gasteiger partial charge on any atom is 0.100 e. The van der Waals surface area contributed by atoms with Crippen molar-refractivity contribution in [3.8, 4) is 11.8 Å². The molecule has 0 aliphatic rings. The second kappa shape index (κ2) is 7.59. The Labute approximate surface area is 109 Å². The smallest absolute Gasteiger partial charge is 0.100 e. The lowest BCUT2D eigenvalue weighted by Crippen LogP contribution is -1.90. The first-order chi connectivity index (χ1) is 7.81. The number of rotatable bonds is 4. The van der Waals surface area contributed by atoms with Gasteiger partial charge in [-0.15, -0.1) is 0 Å². The van der Waals surface area contributed by atoms with Crippen molar-refractivity contribution in [2.24, 2.45) is 0 Å². The van der Waals surface area contributed by atoms with E-state index in [1.165, 1.54) is 6.21 Å². The van der Waals surface area contributed by atoms with Gasteiger partial charge in [-0.2, -0.15) is 0 Å². The molecule has 1 aromatic rings. The molecule has 0 heterocycles. The molecule has 1 rings (SSSR count). The Morgan fingerprint density at radius 3 is 3.00 bits per heavy atom. The Bertz CT molecular complexity index is 426. The van der Waals surface area contributed by atoms with E-state index in [2.05, 4.69) is 39.0 Å². The van der Waals surface area contributed by atoms with Crippen LogP contribution >= 0.6 is 28.4 Å². The summed E-state index contributed by atoms with van der Waals surface area (Å²) in [6.07, 6.45) is 2.11. The molecule has 0 saturated carbocycles. The molecule has 5 heteroatoms. The molecule has 1 aromatic carbocycles. The summed E-state index contributed by atoms with van der Waals surface area (Å²) >= 11 is 2.23. The highest BCUT2D eigenvalue weighted by atomic mass is 127. The zero-order valence-corrected chi connectivity index (χ0v) is 11.6. The van der Waals surface area contributed by atoms with Gasteiger partial charge in [-0.05, 0) is 40.2 Å². The molecule has 0 aliphatic heterocycles. The Morgan fingerprint density at radius 2 is 2.38 bits per heavy atom. The van der Waals surface area contributed by atoms with Gasteiger partial charge in [0.1, 0.15) is 6.67 Å². The van der Waals surface area contributed by atoms with Gasteiger partial charge < -0.3 is 10.5 Å². The van der Waals surface area contributed by atoms with Crippen LogP contribution in [-0.4, -0.2) is 12.9 Å². The maximum atomic E-state index is 11.9. The average molecular weight is 348 g/mol. The molecule has 84 valence electrons. The van der Waals surface area contributed by atoms with Crippen LogP contribution in [0, 0.1) is 17.3 Å². The van der Waals surface area contributed by atoms with Crippen LogP contribution in [-0.2, 0) is 0 Å². The molecule has 1 atom stereocenters. The van der Waals surface area contributed by atoms with Crippen molar-refractivity contribution in [1.82, 2.24) is 0 Å². The van der Waals surface area contributed by atoms with Gasteiger partial charge in [0.05, 0.1) is 0 Å². The largest absolute Gasteiger partial charge is 0.358 e. The number of alkyl halides is 1. The van der Waals surface area contributed by atoms with Crippen molar-refractivity contribution < 1.29 is 4.39 Å². The summed E-state index contributed by atoms with van der Waals surface area (Å²) in [5, 5.41) is 10.5. The summed E-state index contributed by atoms with van der Waals surface area (Å²) in [6.45, 7) is -0.417. The summed E-state index contributed by atoms with van der Waals surface area (Å²) in [5.41, 5.74) is 2.55. The molecular formula is C11H11FIN2P. The van der Waals surface area contributed by atoms with Crippen LogP contribution in [0.15, 0.2) is 18.2 Å². The Balaban J connectivity index is 2.91. The first-order valence-electron chi connectivity index (χ1n) is 4.63. The number of benzene rings is 1. The minimum Gasteiger partial charge on any atom is -0.358 e. The molecule has 1 unspecified atom stereocenters. The number of hydrogen-bond donors (Lipinski definition) is 2. The molecule has 0 aromatic heterocycles. The van der Waals surface area contributed by atoms with E-state index in [9.17, 15) is 4.39 Å². The molecule has 16 heavy (non-hydrogen) atoms. The standard InChI is InChI=1S/C11H11FIN2P/c12-6-2-1-3-9-4-5-11(15-16-13)10(7-9)8-14/h4-5,7-8,14-16H,2,6H2. The third-order valence-electron chi connectivity index (χ3n) is 1.84. The Kier molecular flexibility index (Phi) is 6.36. The van der Waals surface area contributed by atoms with Crippen LogP contribution in [0.4, 0.5) is 10.1 Å². The van der Waals surface area contributed by atoms with E-state index in [4.69, 9.17) is 5.41 Å². The highest BCUT2D eigenvalue weighted by molar-refractivity contribution is 14.2. The van der Waals surface area contributed by atoms with Gasteiger partial charge in [-0.25, -0.2) is 0 Å². The topological polar surface area (TPSA) is 35.9 Å². The number of nitrogens with one attached hydrogen (secondary N) is 2. The highest BCUT2D eigenvalue weighted by Crippen LogP contribution is 2.26. The van der Waals surface area contributed by atoms with Gasteiger partial charge in [0, 0.05) is 35.8 Å². The van der Waals surface area contributed by atoms with Crippen molar-refractivity contribution in [2.75, 3.05) is 11.8 Å². The van der Waals surface area contributed by atoms with Gasteiger partial charge in [-0.1, -0.05) is 11.8 Å². The molecule has 2 nitrogen and oxygen atoms in total. The van der Waals surface area contributed by atoms with Gasteiger partial charge in [0.15, 0.2) is 0 Å². The Morgan fingerprint density at radius 1 is 1.56 bits per heavy atom. The predicted molar refractivity (Wildman–Crippen MR) is 77.8 cm³/mol. The van der Waals surface area contributed by atoms with Gasteiger partial charge in [-0.3, -0.25) is 4.39 Å². The second-order valence-corrected chi connectivity index (χ2v) is 4.96. The molecular weight excluding hydrogens is 337 g/mol. The summed E-state index contributed by atoms with van der Waals surface area (Å²) in [5.74, 6) is 5.60. The quantitative estimate of drug-likeness (QED) is 0.370. The zero-order chi connectivity index (χ0) is 11.8. The van der Waals surface area contributed by atoms with Gasteiger partial charge in [0.2, 0.25) is 0 Å². The lowest BCUT2D eigenvalue weighted by Gasteiger charge is -2.06. The summed E-state index contributed by atoms with van der Waals surface area (Å²) < 4.78 is 11.9. The van der Waals surface area contributed by atoms with Crippen LogP contribution in [0.25, 0.3) is 0 Å². The molecule has 0 amide bonds. The van der Waals surface area contributed by atoms with E-state index < -0.39 is 6.67 Å². The van der Waals surface area contributed by atoms with Crippen molar-refractivity contribution in [2.45, 2.75) is 6.42 Å². The molecule has 0 bridgehead atoms. The third-order valence-corrected chi connectivity index (χ3v) is 3.01. The molecule has 2 N–H and O–H groups in total. The van der Waals surface area contributed by atoms with Crippen molar-refractivity contribution >= 4 is 40.3 Å². The number of hydrogen-bond acceptors (Lipinski definition) is 2. The van der Waals surface area contributed by atoms with Gasteiger partial charge in [0.25, 0.3) is 0 Å². The van der Waals surface area contributed by atoms with Crippen LogP contribution in [0.1, 0.15) is 17.5 Å². The van der Waals surface area contributed by atoms with Crippen LogP contribution in [0.5, 0.6) is 0 Å². The average Bonchev–Trinajstić information content (AvgIpc) is 2.31. The van der Waals surface area contributed by atoms with Crippen LogP contribution in [0.3, 0.4) is 0 Å². The molecule has 0 saturated heterocycles. The highest BCUT2D eigenvalue weighted by Gasteiger charge is 1.99. The lowest BCUT2D eigenvalue weighted by atomic mass is 10.1. The first-order valence-corrected chi connectivity index (χ1v) is 8.74. The predicted octanol–water partition coefficient (Wildman–Crippen LogP) is 3.75. The fourth-order valence-electron chi connectivity index (χ4n) is 1.14. The van der Waals surface area contributed by atoms with Crippen molar-refractivity contribution in [3.63, 3.8) is 0 Å². The van der Waals surface area contributed by atoms with E-state index >= 15 is 0 Å². The molecule has 0 aliphatic carbocycles.